The predicted molar refractivity (Wildman–Crippen MR) is 66.5 cm³/mol. The summed E-state index contributed by atoms with van der Waals surface area (Å²) in [5.74, 6) is -3.10. The van der Waals surface area contributed by atoms with Gasteiger partial charge in [0.2, 0.25) is 0 Å². The van der Waals surface area contributed by atoms with Crippen LogP contribution in [-0.4, -0.2) is 38.7 Å². The summed E-state index contributed by atoms with van der Waals surface area (Å²) in [5.41, 5.74) is -7.71. The lowest BCUT2D eigenvalue weighted by molar-refractivity contribution is -0.349. The Hall–Kier alpha value is -1.46. The van der Waals surface area contributed by atoms with Crippen LogP contribution < -0.4 is 14.2 Å². The Morgan fingerprint density at radius 3 is 1.52 bits per heavy atom. The quantitative estimate of drug-likeness (QED) is 0.546. The fourth-order valence-corrected chi connectivity index (χ4v) is 2.30. The van der Waals surface area contributed by atoms with Gasteiger partial charge in [-0.2, -0.15) is 31.3 Å². The summed E-state index contributed by atoms with van der Waals surface area (Å²) >= 11 is 2.62. The molecule has 0 bridgehead atoms. The maximum Gasteiger partial charge on any atom is 0.436 e. The Labute approximate surface area is 133 Å². The third-order valence-electron chi connectivity index (χ3n) is 2.76. The largest absolute Gasteiger partial charge is 0.493 e. The van der Waals surface area contributed by atoms with Gasteiger partial charge in [-0.15, -0.1) is 0 Å². The van der Waals surface area contributed by atoms with E-state index >= 15 is 0 Å². The molecule has 0 N–H and O–H groups in total. The highest BCUT2D eigenvalue weighted by Crippen LogP contribution is 2.59. The summed E-state index contributed by atoms with van der Waals surface area (Å²) in [6, 6.07) is 0. The molecule has 23 heavy (non-hydrogen) atoms. The minimum absolute atomic E-state index is 0.622. The van der Waals surface area contributed by atoms with Gasteiger partial charge in [0.15, 0.2) is 16.1 Å². The van der Waals surface area contributed by atoms with Crippen LogP contribution in [0.3, 0.4) is 0 Å². The summed E-state index contributed by atoms with van der Waals surface area (Å²) in [5, 5.41) is 0. The first-order chi connectivity index (χ1) is 10.4. The van der Waals surface area contributed by atoms with E-state index in [-0.39, 0.29) is 0 Å². The number of alkyl halides is 7. The first-order valence-corrected chi connectivity index (χ1v) is 6.34. The molecule has 0 saturated heterocycles. The molecule has 12 heteroatoms. The standard InChI is InChI=1S/C11H9BrF7NO3/c1-21-5-4(6(22-2)8(23-3)20-7(5)12)9(13,10(14,15)16)11(17,18)19/h1-3H3. The lowest BCUT2D eigenvalue weighted by Gasteiger charge is -2.32. The Kier molecular flexibility index (Phi) is 5.29. The molecule has 0 radical (unpaired) electrons. The van der Waals surface area contributed by atoms with Crippen LogP contribution in [0, 0.1) is 0 Å². The van der Waals surface area contributed by atoms with E-state index in [4.69, 9.17) is 0 Å². The number of hydrogen-bond donors (Lipinski definition) is 0. The highest BCUT2D eigenvalue weighted by atomic mass is 79.9. The van der Waals surface area contributed by atoms with Crippen molar-refractivity contribution in [3.8, 4) is 17.4 Å². The topological polar surface area (TPSA) is 40.6 Å². The van der Waals surface area contributed by atoms with Crippen molar-refractivity contribution in [3.05, 3.63) is 10.2 Å². The van der Waals surface area contributed by atoms with Crippen LogP contribution in [0.2, 0.25) is 0 Å². The number of methoxy groups -OCH3 is 3. The van der Waals surface area contributed by atoms with Gasteiger partial charge in [-0.3, -0.25) is 0 Å². The van der Waals surface area contributed by atoms with Crippen molar-refractivity contribution in [1.82, 2.24) is 4.98 Å². The second-order valence-corrected chi connectivity index (χ2v) is 4.76. The molecule has 0 aliphatic heterocycles. The van der Waals surface area contributed by atoms with Crippen LogP contribution in [0.1, 0.15) is 5.56 Å². The molecule has 1 aromatic rings. The average Bonchev–Trinajstić information content (AvgIpc) is 2.42. The van der Waals surface area contributed by atoms with Gasteiger partial charge in [0.1, 0.15) is 5.56 Å². The van der Waals surface area contributed by atoms with E-state index in [0.717, 1.165) is 21.3 Å². The summed E-state index contributed by atoms with van der Waals surface area (Å²) in [7, 11) is 2.41. The Morgan fingerprint density at radius 2 is 1.22 bits per heavy atom. The van der Waals surface area contributed by atoms with E-state index in [1.54, 1.807) is 0 Å². The van der Waals surface area contributed by atoms with Crippen molar-refractivity contribution < 1.29 is 44.9 Å². The summed E-state index contributed by atoms with van der Waals surface area (Å²) in [6.07, 6.45) is -12.7. The van der Waals surface area contributed by atoms with Crippen LogP contribution >= 0.6 is 15.9 Å². The molecule has 1 aromatic heterocycles. The molecule has 0 aromatic carbocycles. The molecule has 1 rings (SSSR count). The van der Waals surface area contributed by atoms with Gasteiger partial charge in [0.25, 0.3) is 5.88 Å². The molecule has 1 heterocycles. The highest BCUT2D eigenvalue weighted by molar-refractivity contribution is 9.10. The minimum atomic E-state index is -6.35. The lowest BCUT2D eigenvalue weighted by atomic mass is 9.93. The van der Waals surface area contributed by atoms with Gasteiger partial charge in [-0.05, 0) is 15.9 Å². The van der Waals surface area contributed by atoms with Crippen LogP contribution in [0.15, 0.2) is 4.60 Å². The number of hydrogen-bond acceptors (Lipinski definition) is 4. The number of rotatable bonds is 4. The summed E-state index contributed by atoms with van der Waals surface area (Å²) < 4.78 is 105. The molecular weight excluding hydrogens is 407 g/mol. The Balaban J connectivity index is 4.04. The van der Waals surface area contributed by atoms with Crippen LogP contribution in [-0.2, 0) is 5.67 Å². The van der Waals surface area contributed by atoms with E-state index in [9.17, 15) is 30.7 Å². The zero-order valence-corrected chi connectivity index (χ0v) is 13.3. The highest BCUT2D eigenvalue weighted by Gasteiger charge is 2.76. The molecule has 4 nitrogen and oxygen atoms in total. The van der Waals surface area contributed by atoms with Gasteiger partial charge in [0.05, 0.1) is 21.3 Å². The zero-order chi connectivity index (χ0) is 18.2. The van der Waals surface area contributed by atoms with E-state index in [0.29, 0.717) is 0 Å². The lowest BCUT2D eigenvalue weighted by Crippen LogP contribution is -2.50. The maximum atomic E-state index is 14.4. The Morgan fingerprint density at radius 1 is 0.783 bits per heavy atom. The normalized spacial score (nSPS) is 13.0. The summed E-state index contributed by atoms with van der Waals surface area (Å²) in [4.78, 5) is 3.51. The zero-order valence-electron chi connectivity index (χ0n) is 11.7. The number of halogens is 8. The maximum absolute atomic E-state index is 14.4. The van der Waals surface area contributed by atoms with Crippen molar-refractivity contribution >= 4 is 15.9 Å². The van der Waals surface area contributed by atoms with Gasteiger partial charge < -0.3 is 14.2 Å². The molecule has 0 atom stereocenters. The Bertz CT molecular complexity index is 574. The van der Waals surface area contributed by atoms with Gasteiger partial charge in [0, 0.05) is 0 Å². The van der Waals surface area contributed by atoms with Gasteiger partial charge >= 0.3 is 18.0 Å². The third-order valence-corrected chi connectivity index (χ3v) is 3.30. The van der Waals surface area contributed by atoms with Crippen LogP contribution in [0.25, 0.3) is 0 Å². The first-order valence-electron chi connectivity index (χ1n) is 5.55. The smallest absolute Gasteiger partial charge is 0.436 e. The number of aromatic nitrogens is 1. The van der Waals surface area contributed by atoms with Crippen molar-refractivity contribution in [2.24, 2.45) is 0 Å². The van der Waals surface area contributed by atoms with Crippen molar-refractivity contribution in [3.63, 3.8) is 0 Å². The molecule has 0 unspecified atom stereocenters. The van der Waals surface area contributed by atoms with Gasteiger partial charge in [-0.1, -0.05) is 0 Å². The van der Waals surface area contributed by atoms with E-state index in [1.165, 1.54) is 0 Å². The van der Waals surface area contributed by atoms with Crippen molar-refractivity contribution in [2.75, 3.05) is 21.3 Å². The van der Waals surface area contributed by atoms with E-state index in [1.807, 2.05) is 0 Å². The number of pyridine rings is 1. The molecule has 0 fully saturated rings. The average molecular weight is 416 g/mol. The number of ether oxygens (including phenoxy) is 3. The molecule has 0 aliphatic carbocycles. The monoisotopic (exact) mass is 415 g/mol. The van der Waals surface area contributed by atoms with Crippen LogP contribution in [0.4, 0.5) is 30.7 Å². The third kappa shape index (κ3) is 3.00. The second-order valence-electron chi connectivity index (χ2n) is 4.01. The molecular formula is C11H9BrF7NO3. The SMILES string of the molecule is COc1nc(Br)c(OC)c(C(F)(C(F)(F)F)C(F)(F)F)c1OC. The second kappa shape index (κ2) is 6.21. The molecule has 0 aliphatic rings. The van der Waals surface area contributed by atoms with Gasteiger partial charge in [-0.25, -0.2) is 4.39 Å². The fourth-order valence-electron chi connectivity index (χ4n) is 1.77. The minimum Gasteiger partial charge on any atom is -0.493 e. The molecule has 0 amide bonds. The van der Waals surface area contributed by atoms with Crippen molar-refractivity contribution in [1.29, 1.82) is 0 Å². The van der Waals surface area contributed by atoms with E-state index in [2.05, 4.69) is 35.1 Å². The van der Waals surface area contributed by atoms with E-state index < -0.39 is 45.6 Å². The van der Waals surface area contributed by atoms with Crippen molar-refractivity contribution in [2.45, 2.75) is 18.0 Å². The fraction of sp³-hybridized carbons (Fsp3) is 0.545. The first kappa shape index (κ1) is 19.6. The predicted octanol–water partition coefficient (Wildman–Crippen LogP) is 4.16. The molecule has 0 spiro atoms. The molecule has 132 valence electrons. The summed E-state index contributed by atoms with van der Waals surface area (Å²) in [6.45, 7) is 0. The number of nitrogens with zero attached hydrogens (tertiary/aromatic N) is 1. The van der Waals surface area contributed by atoms with Crippen LogP contribution in [0.5, 0.6) is 17.4 Å². The molecule has 0 saturated carbocycles.